The average molecular weight is 287 g/mol. The van der Waals surface area contributed by atoms with Crippen LogP contribution < -0.4 is 0 Å². The number of fused-ring (bicyclic) bond motifs is 1. The maximum Gasteiger partial charge on any atom is 0.338 e. The van der Waals surface area contributed by atoms with E-state index < -0.39 is 5.97 Å². The minimum absolute atomic E-state index is 0.464. The van der Waals surface area contributed by atoms with Gasteiger partial charge in [0.05, 0.1) is 11.1 Å². The maximum atomic E-state index is 11.7. The first-order valence-electron chi connectivity index (χ1n) is 7.94. The molecule has 114 valence electrons. The molecule has 0 saturated carbocycles. The first kappa shape index (κ1) is 15.6. The molecule has 0 atom stereocenters. The molecular formula is C18H25NO2. The number of nitrogens with zero attached hydrogens (tertiary/aromatic N) is 1. The Kier molecular flexibility index (Phi) is 5.05. The molecule has 0 spiro atoms. The Morgan fingerprint density at radius 1 is 1.19 bits per heavy atom. The zero-order valence-electron chi connectivity index (χ0n) is 13.3. The van der Waals surface area contributed by atoms with E-state index in [1.165, 1.54) is 5.56 Å². The minimum Gasteiger partial charge on any atom is -0.478 e. The van der Waals surface area contributed by atoms with E-state index in [-0.39, 0.29) is 0 Å². The van der Waals surface area contributed by atoms with Crippen molar-refractivity contribution in [1.29, 1.82) is 0 Å². The third-order valence-electron chi connectivity index (χ3n) is 4.10. The van der Waals surface area contributed by atoms with Crippen LogP contribution in [0.15, 0.2) is 18.3 Å². The Bertz CT molecular complexity index is 640. The van der Waals surface area contributed by atoms with E-state index in [1.807, 2.05) is 13.0 Å². The van der Waals surface area contributed by atoms with Gasteiger partial charge in [0.15, 0.2) is 0 Å². The summed E-state index contributed by atoms with van der Waals surface area (Å²) in [4.78, 5) is 11.7. The van der Waals surface area contributed by atoms with Gasteiger partial charge >= 0.3 is 5.97 Å². The van der Waals surface area contributed by atoms with E-state index in [1.54, 1.807) is 0 Å². The van der Waals surface area contributed by atoms with Gasteiger partial charge in [-0.1, -0.05) is 38.8 Å². The number of rotatable bonds is 7. The lowest BCUT2D eigenvalue weighted by Crippen LogP contribution is -2.05. The molecule has 0 aliphatic rings. The van der Waals surface area contributed by atoms with Crippen molar-refractivity contribution in [3.63, 3.8) is 0 Å². The zero-order chi connectivity index (χ0) is 15.4. The van der Waals surface area contributed by atoms with Crippen molar-refractivity contribution in [2.75, 3.05) is 0 Å². The molecule has 0 aliphatic carbocycles. The Morgan fingerprint density at radius 2 is 1.90 bits per heavy atom. The van der Waals surface area contributed by atoms with E-state index in [0.717, 1.165) is 55.1 Å². The van der Waals surface area contributed by atoms with Crippen molar-refractivity contribution < 1.29 is 9.90 Å². The number of aromatic nitrogens is 1. The molecule has 0 unspecified atom stereocenters. The van der Waals surface area contributed by atoms with E-state index in [9.17, 15) is 9.90 Å². The number of aryl methyl sites for hydroxylation is 3. The van der Waals surface area contributed by atoms with Crippen molar-refractivity contribution in [2.45, 2.75) is 59.4 Å². The smallest absolute Gasteiger partial charge is 0.338 e. The van der Waals surface area contributed by atoms with Crippen LogP contribution in [-0.2, 0) is 13.0 Å². The molecule has 0 aliphatic heterocycles. The van der Waals surface area contributed by atoms with Crippen LogP contribution in [0.1, 0.15) is 61.0 Å². The summed E-state index contributed by atoms with van der Waals surface area (Å²) in [5, 5.41) is 10.7. The van der Waals surface area contributed by atoms with E-state index in [2.05, 4.69) is 30.7 Å². The van der Waals surface area contributed by atoms with Gasteiger partial charge in [0.1, 0.15) is 0 Å². The second kappa shape index (κ2) is 6.79. The third kappa shape index (κ3) is 3.12. The lowest BCUT2D eigenvalue weighted by molar-refractivity contribution is 0.0698. The van der Waals surface area contributed by atoms with Crippen molar-refractivity contribution in [2.24, 2.45) is 0 Å². The highest BCUT2D eigenvalue weighted by atomic mass is 16.4. The molecule has 2 aromatic rings. The SMILES string of the molecule is CCCCc1cn(CCCC)c2c(C(=O)O)c(C)ccc12. The number of carboxylic acid groups (broad SMARTS) is 1. The number of hydrogen-bond acceptors (Lipinski definition) is 1. The monoisotopic (exact) mass is 287 g/mol. The molecule has 1 heterocycles. The number of aromatic carboxylic acids is 1. The lowest BCUT2D eigenvalue weighted by atomic mass is 10.0. The number of benzene rings is 1. The molecule has 1 N–H and O–H groups in total. The Labute approximate surface area is 126 Å². The fraction of sp³-hybridized carbons (Fsp3) is 0.500. The molecule has 0 radical (unpaired) electrons. The van der Waals surface area contributed by atoms with Gasteiger partial charge in [-0.3, -0.25) is 0 Å². The van der Waals surface area contributed by atoms with Gasteiger partial charge in [0, 0.05) is 18.1 Å². The molecule has 0 bridgehead atoms. The summed E-state index contributed by atoms with van der Waals surface area (Å²) < 4.78 is 2.15. The molecule has 21 heavy (non-hydrogen) atoms. The molecule has 1 aromatic carbocycles. The van der Waals surface area contributed by atoms with Gasteiger partial charge in [-0.2, -0.15) is 0 Å². The van der Waals surface area contributed by atoms with Crippen LogP contribution in [0.3, 0.4) is 0 Å². The van der Waals surface area contributed by atoms with E-state index in [4.69, 9.17) is 0 Å². The van der Waals surface area contributed by atoms with Crippen LogP contribution in [0.4, 0.5) is 0 Å². The van der Waals surface area contributed by atoms with Crippen molar-refractivity contribution >= 4 is 16.9 Å². The molecule has 1 aromatic heterocycles. The Hall–Kier alpha value is -1.77. The zero-order valence-corrected chi connectivity index (χ0v) is 13.3. The quantitative estimate of drug-likeness (QED) is 0.795. The largest absolute Gasteiger partial charge is 0.478 e. The lowest BCUT2D eigenvalue weighted by Gasteiger charge is -2.09. The first-order valence-corrected chi connectivity index (χ1v) is 7.94. The fourth-order valence-electron chi connectivity index (χ4n) is 2.91. The van der Waals surface area contributed by atoms with Crippen LogP contribution in [0.25, 0.3) is 10.9 Å². The fourth-order valence-corrected chi connectivity index (χ4v) is 2.91. The number of carbonyl (C=O) groups is 1. The van der Waals surface area contributed by atoms with Gasteiger partial charge in [0.25, 0.3) is 0 Å². The van der Waals surface area contributed by atoms with Gasteiger partial charge in [-0.15, -0.1) is 0 Å². The summed E-state index contributed by atoms with van der Waals surface area (Å²) in [6.45, 7) is 7.12. The molecule has 0 fully saturated rings. The standard InChI is InChI=1S/C18H25NO2/c1-4-6-8-14-12-19(11-7-5-2)17-15(14)10-9-13(3)16(17)18(20)21/h9-10,12H,4-8,11H2,1-3H3,(H,20,21). The van der Waals surface area contributed by atoms with Crippen LogP contribution >= 0.6 is 0 Å². The maximum absolute atomic E-state index is 11.7. The summed E-state index contributed by atoms with van der Waals surface area (Å²) in [6, 6.07) is 4.02. The second-order valence-corrected chi connectivity index (χ2v) is 5.76. The molecule has 0 saturated heterocycles. The molecule has 2 rings (SSSR count). The summed E-state index contributed by atoms with van der Waals surface area (Å²) in [7, 11) is 0. The van der Waals surface area contributed by atoms with Crippen LogP contribution in [0, 0.1) is 6.92 Å². The highest BCUT2D eigenvalue weighted by Crippen LogP contribution is 2.29. The molecular weight excluding hydrogens is 262 g/mol. The first-order chi connectivity index (χ1) is 10.1. The predicted molar refractivity (Wildman–Crippen MR) is 87.2 cm³/mol. The van der Waals surface area contributed by atoms with E-state index >= 15 is 0 Å². The Balaban J connectivity index is 2.62. The van der Waals surface area contributed by atoms with Gasteiger partial charge < -0.3 is 9.67 Å². The summed E-state index contributed by atoms with van der Waals surface area (Å²) in [5.74, 6) is -0.823. The molecule has 3 nitrogen and oxygen atoms in total. The molecule has 3 heteroatoms. The average Bonchev–Trinajstić information content (AvgIpc) is 2.80. The molecule has 0 amide bonds. The van der Waals surface area contributed by atoms with Crippen molar-refractivity contribution in [3.8, 4) is 0 Å². The van der Waals surface area contributed by atoms with Crippen LogP contribution in [0.2, 0.25) is 0 Å². The van der Waals surface area contributed by atoms with Crippen LogP contribution in [0.5, 0.6) is 0 Å². The van der Waals surface area contributed by atoms with Crippen molar-refractivity contribution in [3.05, 3.63) is 35.0 Å². The summed E-state index contributed by atoms with van der Waals surface area (Å²) >= 11 is 0. The van der Waals surface area contributed by atoms with Gasteiger partial charge in [-0.05, 0) is 37.3 Å². The highest BCUT2D eigenvalue weighted by molar-refractivity contribution is 6.04. The van der Waals surface area contributed by atoms with Crippen molar-refractivity contribution in [1.82, 2.24) is 4.57 Å². The van der Waals surface area contributed by atoms with E-state index in [0.29, 0.717) is 5.56 Å². The number of hydrogen-bond donors (Lipinski definition) is 1. The highest BCUT2D eigenvalue weighted by Gasteiger charge is 2.18. The second-order valence-electron chi connectivity index (χ2n) is 5.76. The summed E-state index contributed by atoms with van der Waals surface area (Å²) in [6.07, 6.45) is 7.67. The van der Waals surface area contributed by atoms with Gasteiger partial charge in [0.2, 0.25) is 0 Å². The third-order valence-corrected chi connectivity index (χ3v) is 4.10. The van der Waals surface area contributed by atoms with Gasteiger partial charge in [-0.25, -0.2) is 4.79 Å². The predicted octanol–water partition coefficient (Wildman–Crippen LogP) is 4.79. The van der Waals surface area contributed by atoms with Crippen LogP contribution in [-0.4, -0.2) is 15.6 Å². The number of unbranched alkanes of at least 4 members (excludes halogenated alkanes) is 2. The summed E-state index contributed by atoms with van der Waals surface area (Å²) in [5.41, 5.74) is 3.49. The Morgan fingerprint density at radius 3 is 2.52 bits per heavy atom. The number of carboxylic acids is 1. The minimum atomic E-state index is -0.823. The topological polar surface area (TPSA) is 42.2 Å². The normalized spacial score (nSPS) is 11.2.